The first kappa shape index (κ1) is 26.2. The molecule has 2 N–H and O–H groups in total. The van der Waals surface area contributed by atoms with Crippen molar-refractivity contribution >= 4 is 29.5 Å². The lowest BCUT2D eigenvalue weighted by Gasteiger charge is -2.13. The number of methoxy groups -OCH3 is 1. The van der Waals surface area contributed by atoms with Crippen LogP contribution in [0.2, 0.25) is 0 Å². The Labute approximate surface area is 193 Å². The molecule has 1 unspecified atom stereocenters. The van der Waals surface area contributed by atoms with Crippen LogP contribution in [0.4, 0.5) is 18.9 Å². The highest BCUT2D eigenvalue weighted by Gasteiger charge is 2.19. The van der Waals surface area contributed by atoms with Crippen molar-refractivity contribution in [3.8, 4) is 11.5 Å². The quantitative estimate of drug-likeness (QED) is 0.308. The van der Waals surface area contributed by atoms with Crippen LogP contribution in [0.3, 0.4) is 0 Å². The number of amides is 2. The van der Waals surface area contributed by atoms with Gasteiger partial charge in [-0.25, -0.2) is 18.0 Å². The fourth-order valence-electron chi connectivity index (χ4n) is 2.62. The third-order valence-corrected chi connectivity index (χ3v) is 4.29. The Morgan fingerprint density at radius 1 is 1.06 bits per heavy atom. The van der Waals surface area contributed by atoms with Gasteiger partial charge in [-0.2, -0.15) is 0 Å². The molecule has 0 aromatic heterocycles. The largest absolute Gasteiger partial charge is 0.493 e. The minimum atomic E-state index is -1.74. The first-order valence-corrected chi connectivity index (χ1v) is 10.1. The summed E-state index contributed by atoms with van der Waals surface area (Å²) >= 11 is 0. The molecule has 0 aliphatic heterocycles. The second-order valence-electron chi connectivity index (χ2n) is 6.74. The van der Waals surface area contributed by atoms with E-state index in [-0.39, 0.29) is 0 Å². The second-order valence-corrected chi connectivity index (χ2v) is 6.74. The molecule has 0 saturated carbocycles. The molecule has 0 saturated heterocycles. The van der Waals surface area contributed by atoms with Crippen molar-refractivity contribution in [2.75, 3.05) is 25.6 Å². The molecule has 11 heteroatoms. The number of carbonyl (C=O) groups is 3. The van der Waals surface area contributed by atoms with E-state index in [1.807, 2.05) is 12.2 Å². The van der Waals surface area contributed by atoms with E-state index < -0.39 is 53.6 Å². The standard InChI is InChI=1S/C23H23F3N2O6/c1-4-33-17-9-5-14(11-18(17)32-3)6-10-20(30)34-13(2)23(31)27-12-19(29)28-16-8-7-15(24)21(25)22(16)26/h5-11,13H,4,12H2,1-3H3,(H,27,31)(H,28,29)/b10-6+. The summed E-state index contributed by atoms with van der Waals surface area (Å²) in [7, 11) is 1.48. The molecule has 34 heavy (non-hydrogen) atoms. The first-order valence-electron chi connectivity index (χ1n) is 10.1. The Balaban J connectivity index is 1.85. The zero-order valence-corrected chi connectivity index (χ0v) is 18.6. The summed E-state index contributed by atoms with van der Waals surface area (Å²) in [6.07, 6.45) is 1.31. The van der Waals surface area contributed by atoms with E-state index in [0.717, 1.165) is 12.1 Å². The highest BCUT2D eigenvalue weighted by Crippen LogP contribution is 2.28. The predicted molar refractivity (Wildman–Crippen MR) is 117 cm³/mol. The molecule has 0 aliphatic rings. The fraction of sp³-hybridized carbons (Fsp3) is 0.261. The number of anilines is 1. The van der Waals surface area contributed by atoms with Gasteiger partial charge in [-0.05, 0) is 49.8 Å². The number of carbonyl (C=O) groups excluding carboxylic acids is 3. The average Bonchev–Trinajstić information content (AvgIpc) is 2.82. The van der Waals surface area contributed by atoms with E-state index in [9.17, 15) is 27.6 Å². The smallest absolute Gasteiger partial charge is 0.331 e. The molecule has 2 amide bonds. The third kappa shape index (κ3) is 7.26. The van der Waals surface area contributed by atoms with Gasteiger partial charge in [-0.15, -0.1) is 0 Å². The molecule has 0 fully saturated rings. The van der Waals surface area contributed by atoms with Crippen LogP contribution in [-0.2, 0) is 19.1 Å². The molecule has 0 bridgehead atoms. The maximum atomic E-state index is 13.6. The topological polar surface area (TPSA) is 103 Å². The lowest BCUT2D eigenvalue weighted by Crippen LogP contribution is -2.40. The maximum absolute atomic E-state index is 13.6. The van der Waals surface area contributed by atoms with Crippen LogP contribution in [0.15, 0.2) is 36.4 Å². The Hall–Kier alpha value is -4.02. The molecule has 0 aliphatic carbocycles. The zero-order valence-electron chi connectivity index (χ0n) is 18.6. The molecular formula is C23H23F3N2O6. The summed E-state index contributed by atoms with van der Waals surface area (Å²) in [5, 5.41) is 4.19. The third-order valence-electron chi connectivity index (χ3n) is 4.29. The zero-order chi connectivity index (χ0) is 25.3. The van der Waals surface area contributed by atoms with Gasteiger partial charge in [0.1, 0.15) is 0 Å². The van der Waals surface area contributed by atoms with Gasteiger partial charge in [0.05, 0.1) is 25.9 Å². The minimum Gasteiger partial charge on any atom is -0.493 e. The number of benzene rings is 2. The summed E-state index contributed by atoms with van der Waals surface area (Å²) < 4.78 is 55.3. The van der Waals surface area contributed by atoms with E-state index in [4.69, 9.17) is 14.2 Å². The van der Waals surface area contributed by atoms with E-state index in [1.54, 1.807) is 18.2 Å². The summed E-state index contributed by atoms with van der Waals surface area (Å²) in [5.41, 5.74) is 0.0316. The lowest BCUT2D eigenvalue weighted by molar-refractivity contribution is -0.150. The molecule has 0 heterocycles. The Kier molecular flexibility index (Phi) is 9.48. The number of rotatable bonds is 10. The molecule has 2 rings (SSSR count). The number of hydrogen-bond donors (Lipinski definition) is 2. The van der Waals surface area contributed by atoms with Crippen LogP contribution < -0.4 is 20.1 Å². The van der Waals surface area contributed by atoms with Gasteiger partial charge in [0.25, 0.3) is 5.91 Å². The second kappa shape index (κ2) is 12.3. The van der Waals surface area contributed by atoms with Crippen molar-refractivity contribution in [3.05, 3.63) is 59.4 Å². The van der Waals surface area contributed by atoms with Crippen molar-refractivity contribution in [1.82, 2.24) is 5.32 Å². The SMILES string of the molecule is CCOc1ccc(/C=C/C(=O)OC(C)C(=O)NCC(=O)Nc2ccc(F)c(F)c2F)cc1OC. The Morgan fingerprint density at radius 3 is 2.47 bits per heavy atom. The average molecular weight is 480 g/mol. The maximum Gasteiger partial charge on any atom is 0.331 e. The van der Waals surface area contributed by atoms with Crippen molar-refractivity contribution in [3.63, 3.8) is 0 Å². The molecule has 2 aromatic rings. The summed E-state index contributed by atoms with van der Waals surface area (Å²) in [5.74, 6) is -6.21. The first-order chi connectivity index (χ1) is 16.2. The molecule has 0 spiro atoms. The molecule has 182 valence electrons. The van der Waals surface area contributed by atoms with Crippen LogP contribution in [0.1, 0.15) is 19.4 Å². The molecule has 2 aromatic carbocycles. The van der Waals surface area contributed by atoms with Crippen molar-refractivity contribution < 1.29 is 41.8 Å². The Bertz CT molecular complexity index is 1090. The van der Waals surface area contributed by atoms with Crippen molar-refractivity contribution in [1.29, 1.82) is 0 Å². The number of hydrogen-bond acceptors (Lipinski definition) is 6. The summed E-state index contributed by atoms with van der Waals surface area (Å²) in [6, 6.07) is 6.51. The van der Waals surface area contributed by atoms with Gasteiger partial charge in [0.2, 0.25) is 5.91 Å². The summed E-state index contributed by atoms with van der Waals surface area (Å²) in [4.78, 5) is 35.9. The number of esters is 1. The van der Waals surface area contributed by atoms with E-state index in [1.165, 1.54) is 20.1 Å². The predicted octanol–water partition coefficient (Wildman–Crippen LogP) is 3.21. The highest BCUT2D eigenvalue weighted by atomic mass is 19.2. The van der Waals surface area contributed by atoms with Crippen LogP contribution >= 0.6 is 0 Å². The normalized spacial score (nSPS) is 11.6. The number of halogens is 3. The van der Waals surface area contributed by atoms with Gasteiger partial charge < -0.3 is 24.8 Å². The summed E-state index contributed by atoms with van der Waals surface area (Å²) in [6.45, 7) is 2.95. The van der Waals surface area contributed by atoms with Crippen LogP contribution in [0.25, 0.3) is 6.08 Å². The Morgan fingerprint density at radius 2 is 1.79 bits per heavy atom. The van der Waals surface area contributed by atoms with Gasteiger partial charge in [0.15, 0.2) is 35.1 Å². The van der Waals surface area contributed by atoms with Crippen LogP contribution in [0, 0.1) is 17.5 Å². The monoisotopic (exact) mass is 480 g/mol. The number of ether oxygens (including phenoxy) is 3. The van der Waals surface area contributed by atoms with Gasteiger partial charge >= 0.3 is 5.97 Å². The van der Waals surface area contributed by atoms with E-state index >= 15 is 0 Å². The lowest BCUT2D eigenvalue weighted by atomic mass is 10.2. The highest BCUT2D eigenvalue weighted by molar-refractivity contribution is 5.96. The molecular weight excluding hydrogens is 457 g/mol. The van der Waals surface area contributed by atoms with Crippen LogP contribution in [-0.4, -0.2) is 44.1 Å². The molecule has 1 atom stereocenters. The van der Waals surface area contributed by atoms with Crippen molar-refractivity contribution in [2.45, 2.75) is 20.0 Å². The van der Waals surface area contributed by atoms with Gasteiger partial charge in [0, 0.05) is 6.08 Å². The van der Waals surface area contributed by atoms with E-state index in [0.29, 0.717) is 29.7 Å². The van der Waals surface area contributed by atoms with E-state index in [2.05, 4.69) is 5.32 Å². The number of nitrogens with one attached hydrogen (secondary N) is 2. The minimum absolute atomic E-state index is 0.459. The molecule has 0 radical (unpaired) electrons. The van der Waals surface area contributed by atoms with Gasteiger partial charge in [-0.3, -0.25) is 9.59 Å². The van der Waals surface area contributed by atoms with Crippen molar-refractivity contribution in [2.24, 2.45) is 0 Å². The van der Waals surface area contributed by atoms with Crippen LogP contribution in [0.5, 0.6) is 11.5 Å². The molecule has 8 nitrogen and oxygen atoms in total. The fourth-order valence-corrected chi connectivity index (χ4v) is 2.62. The van der Waals surface area contributed by atoms with Gasteiger partial charge in [-0.1, -0.05) is 6.07 Å².